The van der Waals surface area contributed by atoms with E-state index < -0.39 is 0 Å². The molecule has 1 heterocycles. The number of thioether (sulfide) groups is 1. The van der Waals surface area contributed by atoms with Gasteiger partial charge in [-0.1, -0.05) is 29.5 Å². The van der Waals surface area contributed by atoms with Gasteiger partial charge in [0.25, 0.3) is 5.22 Å². The highest BCUT2D eigenvalue weighted by atomic mass is 127. The Kier molecular flexibility index (Phi) is 5.98. The zero-order chi connectivity index (χ0) is 18.7. The van der Waals surface area contributed by atoms with E-state index in [1.165, 1.54) is 11.8 Å². The maximum atomic E-state index is 12.3. The molecule has 1 amide bonds. The molecule has 0 unspecified atom stereocenters. The van der Waals surface area contributed by atoms with Crippen molar-refractivity contribution in [2.24, 2.45) is 0 Å². The van der Waals surface area contributed by atoms with Crippen LogP contribution in [0.1, 0.15) is 16.7 Å². The Morgan fingerprint density at radius 2 is 1.88 bits per heavy atom. The normalized spacial score (nSPS) is 10.8. The molecule has 0 spiro atoms. The van der Waals surface area contributed by atoms with E-state index in [1.54, 1.807) is 0 Å². The molecule has 7 heteroatoms. The molecule has 1 N–H and O–H groups in total. The number of nitrogens with zero attached hydrogens (tertiary/aromatic N) is 2. The van der Waals surface area contributed by atoms with Crippen molar-refractivity contribution in [2.45, 2.75) is 26.0 Å². The van der Waals surface area contributed by atoms with Gasteiger partial charge in [0.15, 0.2) is 0 Å². The monoisotopic (exact) mass is 479 g/mol. The van der Waals surface area contributed by atoms with Crippen molar-refractivity contribution in [3.8, 4) is 11.5 Å². The minimum atomic E-state index is -0.0993. The number of aromatic nitrogens is 2. The molecule has 0 atom stereocenters. The van der Waals surface area contributed by atoms with E-state index in [9.17, 15) is 4.79 Å². The number of hydrogen-bond acceptors (Lipinski definition) is 5. The Labute approximate surface area is 170 Å². The average molecular weight is 479 g/mol. The quantitative estimate of drug-likeness (QED) is 0.412. The summed E-state index contributed by atoms with van der Waals surface area (Å²) in [5.41, 5.74) is 4.96. The van der Waals surface area contributed by atoms with Gasteiger partial charge in [-0.15, -0.1) is 10.2 Å². The van der Waals surface area contributed by atoms with E-state index >= 15 is 0 Å². The number of nitrogens with one attached hydrogen (secondary N) is 1. The van der Waals surface area contributed by atoms with E-state index in [2.05, 4.69) is 38.1 Å². The molecular weight excluding hydrogens is 461 g/mol. The Bertz CT molecular complexity index is 932. The zero-order valence-corrected chi connectivity index (χ0v) is 17.6. The summed E-state index contributed by atoms with van der Waals surface area (Å²) in [5, 5.41) is 11.4. The molecule has 3 aromatic rings. The van der Waals surface area contributed by atoms with Crippen molar-refractivity contribution < 1.29 is 9.21 Å². The number of amides is 1. The van der Waals surface area contributed by atoms with Gasteiger partial charge in [-0.3, -0.25) is 4.79 Å². The molecule has 5 nitrogen and oxygen atoms in total. The highest BCUT2D eigenvalue weighted by Crippen LogP contribution is 2.26. The van der Waals surface area contributed by atoms with Crippen LogP contribution in [-0.4, -0.2) is 21.9 Å². The van der Waals surface area contributed by atoms with E-state index in [4.69, 9.17) is 4.42 Å². The van der Waals surface area contributed by atoms with Crippen LogP contribution < -0.4 is 5.32 Å². The van der Waals surface area contributed by atoms with Gasteiger partial charge >= 0.3 is 0 Å². The summed E-state index contributed by atoms with van der Waals surface area (Å²) >= 11 is 3.50. The fourth-order valence-electron chi connectivity index (χ4n) is 2.57. The van der Waals surface area contributed by atoms with Crippen LogP contribution in [0.5, 0.6) is 0 Å². The van der Waals surface area contributed by atoms with Crippen LogP contribution in [0, 0.1) is 24.3 Å². The largest absolute Gasteiger partial charge is 0.411 e. The minimum Gasteiger partial charge on any atom is -0.411 e. The number of halogens is 1. The summed E-state index contributed by atoms with van der Waals surface area (Å²) in [6.45, 7) is 5.99. The maximum Gasteiger partial charge on any atom is 0.277 e. The smallest absolute Gasteiger partial charge is 0.277 e. The molecule has 0 fully saturated rings. The van der Waals surface area contributed by atoms with Crippen molar-refractivity contribution in [2.75, 3.05) is 11.1 Å². The highest BCUT2D eigenvalue weighted by Gasteiger charge is 2.13. The van der Waals surface area contributed by atoms with Crippen LogP contribution >= 0.6 is 34.4 Å². The SMILES string of the molecule is Cc1cccc(-c2nnc(SCC(=O)Nc3c(C)cc(I)cc3C)o2)c1. The third-order valence-electron chi connectivity index (χ3n) is 3.76. The molecule has 0 aliphatic heterocycles. The lowest BCUT2D eigenvalue weighted by Gasteiger charge is -2.11. The standard InChI is InChI=1S/C19H18IN3O2S/c1-11-5-4-6-14(7-11)18-22-23-19(25-18)26-10-16(24)21-17-12(2)8-15(20)9-13(17)3/h4-9H,10H2,1-3H3,(H,21,24). The molecular formula is C19H18IN3O2S. The van der Waals surface area contributed by atoms with Gasteiger partial charge in [-0.05, 0) is 78.8 Å². The lowest BCUT2D eigenvalue weighted by molar-refractivity contribution is -0.113. The van der Waals surface area contributed by atoms with Gasteiger partial charge in [0.05, 0.1) is 5.75 Å². The van der Waals surface area contributed by atoms with Crippen LogP contribution in [-0.2, 0) is 4.79 Å². The van der Waals surface area contributed by atoms with Crippen LogP contribution in [0.3, 0.4) is 0 Å². The predicted molar refractivity (Wildman–Crippen MR) is 112 cm³/mol. The number of carbonyl (C=O) groups excluding carboxylic acids is 1. The second kappa shape index (κ2) is 8.22. The molecule has 0 saturated carbocycles. The molecule has 0 saturated heterocycles. The lowest BCUT2D eigenvalue weighted by atomic mass is 10.1. The van der Waals surface area contributed by atoms with E-state index in [0.29, 0.717) is 11.1 Å². The molecule has 3 rings (SSSR count). The molecule has 1 aromatic heterocycles. The van der Waals surface area contributed by atoms with Crippen molar-refractivity contribution in [3.63, 3.8) is 0 Å². The first-order valence-electron chi connectivity index (χ1n) is 8.02. The second-order valence-corrected chi connectivity index (χ2v) is 8.17. The molecule has 134 valence electrons. The molecule has 0 bridgehead atoms. The van der Waals surface area contributed by atoms with E-state index in [-0.39, 0.29) is 11.7 Å². The van der Waals surface area contributed by atoms with Crippen LogP contribution in [0.4, 0.5) is 5.69 Å². The third-order valence-corrected chi connectivity index (χ3v) is 5.20. The summed E-state index contributed by atoms with van der Waals surface area (Å²) in [4.78, 5) is 12.3. The summed E-state index contributed by atoms with van der Waals surface area (Å²) < 4.78 is 6.80. The summed E-state index contributed by atoms with van der Waals surface area (Å²) in [6.07, 6.45) is 0. The van der Waals surface area contributed by atoms with E-state index in [1.807, 2.05) is 57.2 Å². The first kappa shape index (κ1) is 18.9. The van der Waals surface area contributed by atoms with Crippen molar-refractivity contribution in [1.29, 1.82) is 0 Å². The number of carbonyl (C=O) groups is 1. The van der Waals surface area contributed by atoms with Crippen molar-refractivity contribution >= 4 is 45.9 Å². The molecule has 2 aromatic carbocycles. The number of aryl methyl sites for hydroxylation is 3. The van der Waals surface area contributed by atoms with Crippen LogP contribution in [0.2, 0.25) is 0 Å². The Balaban J connectivity index is 1.62. The predicted octanol–water partition coefficient (Wildman–Crippen LogP) is 5.00. The number of hydrogen-bond donors (Lipinski definition) is 1. The molecule has 0 radical (unpaired) electrons. The van der Waals surface area contributed by atoms with Crippen molar-refractivity contribution in [1.82, 2.24) is 10.2 Å². The highest BCUT2D eigenvalue weighted by molar-refractivity contribution is 14.1. The van der Waals surface area contributed by atoms with E-state index in [0.717, 1.165) is 31.5 Å². The van der Waals surface area contributed by atoms with Crippen LogP contribution in [0.25, 0.3) is 11.5 Å². The maximum absolute atomic E-state index is 12.3. The molecule has 26 heavy (non-hydrogen) atoms. The average Bonchev–Trinajstić information content (AvgIpc) is 3.05. The fraction of sp³-hybridized carbons (Fsp3) is 0.211. The topological polar surface area (TPSA) is 68.0 Å². The lowest BCUT2D eigenvalue weighted by Crippen LogP contribution is -2.16. The van der Waals surface area contributed by atoms with Gasteiger partial charge in [0.2, 0.25) is 11.8 Å². The van der Waals surface area contributed by atoms with Crippen LogP contribution in [0.15, 0.2) is 46.0 Å². The second-order valence-electron chi connectivity index (χ2n) is 5.99. The fourth-order valence-corrected chi connectivity index (χ4v) is 4.07. The van der Waals surface area contributed by atoms with Gasteiger partial charge in [-0.25, -0.2) is 0 Å². The van der Waals surface area contributed by atoms with Gasteiger partial charge in [0, 0.05) is 14.8 Å². The van der Waals surface area contributed by atoms with Gasteiger partial charge in [0.1, 0.15) is 0 Å². The summed E-state index contributed by atoms with van der Waals surface area (Å²) in [5.74, 6) is 0.569. The first-order chi connectivity index (χ1) is 12.4. The minimum absolute atomic E-state index is 0.0993. The van der Waals surface area contributed by atoms with Crippen molar-refractivity contribution in [3.05, 3.63) is 56.7 Å². The summed E-state index contributed by atoms with van der Waals surface area (Å²) in [7, 11) is 0. The zero-order valence-electron chi connectivity index (χ0n) is 14.7. The number of benzene rings is 2. The third kappa shape index (κ3) is 4.64. The first-order valence-corrected chi connectivity index (χ1v) is 10.1. The van der Waals surface area contributed by atoms with Gasteiger partial charge < -0.3 is 9.73 Å². The Morgan fingerprint density at radius 3 is 2.58 bits per heavy atom. The summed E-state index contributed by atoms with van der Waals surface area (Å²) in [6, 6.07) is 11.9. The Morgan fingerprint density at radius 1 is 1.15 bits per heavy atom. The van der Waals surface area contributed by atoms with Gasteiger partial charge in [-0.2, -0.15) is 0 Å². The molecule has 0 aliphatic carbocycles. The Hall–Kier alpha value is -1.87. The molecule has 0 aliphatic rings. The number of rotatable bonds is 5. The number of anilines is 1.